The van der Waals surface area contributed by atoms with Crippen LogP contribution in [-0.4, -0.2) is 9.55 Å². The van der Waals surface area contributed by atoms with E-state index in [0.717, 1.165) is 41.0 Å². The minimum absolute atomic E-state index is 0.249. The Bertz CT molecular complexity index is 3130. The summed E-state index contributed by atoms with van der Waals surface area (Å²) in [4.78, 5) is 5.15. The van der Waals surface area contributed by atoms with Gasteiger partial charge < -0.3 is 0 Å². The van der Waals surface area contributed by atoms with E-state index in [4.69, 9.17) is 4.98 Å². The molecule has 0 saturated heterocycles. The Labute approximate surface area is 345 Å². The number of benzene rings is 8. The monoisotopic (exact) mass is 754 g/mol. The molecule has 0 radical (unpaired) electrons. The second-order valence-electron chi connectivity index (χ2n) is 15.7. The lowest BCUT2D eigenvalue weighted by Gasteiger charge is -2.29. The molecule has 2 aliphatic carbocycles. The lowest BCUT2D eigenvalue weighted by atomic mass is 9.74. The van der Waals surface area contributed by atoms with E-state index in [-0.39, 0.29) is 11.8 Å². The largest absolute Gasteiger partial charge is 0.292 e. The number of allylic oxidation sites excluding steroid dienone is 8. The van der Waals surface area contributed by atoms with Crippen molar-refractivity contribution >= 4 is 43.7 Å². The SMILES string of the molecule is C1=CCC(c2ccccc2)C(c2c3ccccc3c(C3=CC=CCC3c3ccccc3)c3cc(-c4ccc(-c5nc6ccccc6n5-c5ccccc5)cc4)ccc23)=C1. The summed E-state index contributed by atoms with van der Waals surface area (Å²) < 4.78 is 2.27. The molecule has 9 aromatic rings. The van der Waals surface area contributed by atoms with E-state index in [2.05, 4.69) is 223 Å². The predicted molar refractivity (Wildman–Crippen MR) is 249 cm³/mol. The highest BCUT2D eigenvalue weighted by atomic mass is 15.1. The van der Waals surface area contributed by atoms with E-state index in [1.54, 1.807) is 0 Å². The third-order valence-electron chi connectivity index (χ3n) is 12.4. The molecule has 0 N–H and O–H groups in total. The first kappa shape index (κ1) is 34.9. The van der Waals surface area contributed by atoms with Gasteiger partial charge in [-0.05, 0) is 109 Å². The number of nitrogens with zero attached hydrogens (tertiary/aromatic N) is 2. The highest BCUT2D eigenvalue weighted by Crippen LogP contribution is 2.50. The predicted octanol–water partition coefficient (Wildman–Crippen LogP) is 14.9. The van der Waals surface area contributed by atoms with Gasteiger partial charge >= 0.3 is 0 Å². The van der Waals surface area contributed by atoms with E-state index in [1.807, 2.05) is 0 Å². The molecule has 1 heterocycles. The number of hydrogen-bond donors (Lipinski definition) is 0. The van der Waals surface area contributed by atoms with Gasteiger partial charge in [-0.2, -0.15) is 0 Å². The zero-order valence-electron chi connectivity index (χ0n) is 32.7. The van der Waals surface area contributed by atoms with E-state index in [9.17, 15) is 0 Å². The van der Waals surface area contributed by atoms with Crippen molar-refractivity contribution in [2.45, 2.75) is 24.7 Å². The van der Waals surface area contributed by atoms with Crippen molar-refractivity contribution < 1.29 is 0 Å². The van der Waals surface area contributed by atoms with Gasteiger partial charge in [0.1, 0.15) is 5.82 Å². The summed E-state index contributed by atoms with van der Waals surface area (Å²) in [5.41, 5.74) is 14.8. The van der Waals surface area contributed by atoms with Crippen LogP contribution in [0.4, 0.5) is 0 Å². The minimum Gasteiger partial charge on any atom is -0.292 e. The first-order valence-corrected chi connectivity index (χ1v) is 20.8. The summed E-state index contributed by atoms with van der Waals surface area (Å²) in [7, 11) is 0. The van der Waals surface area contributed by atoms with Crippen LogP contribution in [0, 0.1) is 0 Å². The molecule has 2 heteroatoms. The molecule has 0 aliphatic heterocycles. The van der Waals surface area contributed by atoms with Crippen LogP contribution in [0.25, 0.3) is 71.9 Å². The normalized spacial score (nSPS) is 16.4. The van der Waals surface area contributed by atoms with Crippen LogP contribution in [0.1, 0.15) is 46.9 Å². The van der Waals surface area contributed by atoms with Gasteiger partial charge in [0.25, 0.3) is 0 Å². The lowest BCUT2D eigenvalue weighted by molar-refractivity contribution is 0.875. The molecule has 0 spiro atoms. The maximum atomic E-state index is 5.15. The molecule has 59 heavy (non-hydrogen) atoms. The maximum absolute atomic E-state index is 5.15. The van der Waals surface area contributed by atoms with E-state index in [0.29, 0.717) is 0 Å². The number of fused-ring (bicyclic) bond motifs is 3. The number of para-hydroxylation sites is 3. The van der Waals surface area contributed by atoms with Crippen LogP contribution in [0.2, 0.25) is 0 Å². The Morgan fingerprint density at radius 3 is 1.54 bits per heavy atom. The van der Waals surface area contributed by atoms with Gasteiger partial charge in [0.05, 0.1) is 11.0 Å². The Balaban J connectivity index is 1.12. The number of rotatable bonds is 7. The van der Waals surface area contributed by atoms with Gasteiger partial charge in [-0.25, -0.2) is 4.98 Å². The molecular formula is C57H42N2. The molecule has 2 unspecified atom stereocenters. The quantitative estimate of drug-likeness (QED) is 0.148. The molecule has 280 valence electrons. The maximum Gasteiger partial charge on any atom is 0.145 e. The van der Waals surface area contributed by atoms with Crippen LogP contribution >= 0.6 is 0 Å². The average molecular weight is 755 g/mol. The molecule has 0 fully saturated rings. The molecule has 0 saturated carbocycles. The van der Waals surface area contributed by atoms with Gasteiger partial charge in [0.2, 0.25) is 0 Å². The summed E-state index contributed by atoms with van der Waals surface area (Å²) in [6.45, 7) is 0. The zero-order chi connectivity index (χ0) is 39.1. The Morgan fingerprint density at radius 1 is 0.424 bits per heavy atom. The molecule has 1 aromatic heterocycles. The fraction of sp³-hybridized carbons (Fsp3) is 0.0702. The van der Waals surface area contributed by atoms with Crippen LogP contribution in [-0.2, 0) is 0 Å². The molecule has 8 aromatic carbocycles. The van der Waals surface area contributed by atoms with E-state index < -0.39 is 0 Å². The van der Waals surface area contributed by atoms with E-state index in [1.165, 1.54) is 66.1 Å². The van der Waals surface area contributed by atoms with Crippen molar-refractivity contribution in [2.24, 2.45) is 0 Å². The van der Waals surface area contributed by atoms with Crippen molar-refractivity contribution in [3.63, 3.8) is 0 Å². The second kappa shape index (κ2) is 14.9. The van der Waals surface area contributed by atoms with E-state index >= 15 is 0 Å². The highest BCUT2D eigenvalue weighted by Gasteiger charge is 2.28. The average Bonchev–Trinajstić information content (AvgIpc) is 3.71. The van der Waals surface area contributed by atoms with Gasteiger partial charge in [-0.15, -0.1) is 0 Å². The molecule has 0 amide bonds. The molecule has 2 atom stereocenters. The van der Waals surface area contributed by atoms with Crippen LogP contribution in [0.15, 0.2) is 218 Å². The van der Waals surface area contributed by atoms with Crippen molar-refractivity contribution in [2.75, 3.05) is 0 Å². The van der Waals surface area contributed by atoms with Gasteiger partial charge in [0.15, 0.2) is 0 Å². The van der Waals surface area contributed by atoms with Crippen molar-refractivity contribution in [1.82, 2.24) is 9.55 Å². The van der Waals surface area contributed by atoms with Crippen molar-refractivity contribution in [1.29, 1.82) is 0 Å². The second-order valence-corrected chi connectivity index (χ2v) is 15.7. The number of hydrogen-bond acceptors (Lipinski definition) is 1. The summed E-state index contributed by atoms with van der Waals surface area (Å²) in [6, 6.07) is 66.4. The summed E-state index contributed by atoms with van der Waals surface area (Å²) in [6.07, 6.45) is 15.8. The molecular weight excluding hydrogens is 713 g/mol. The van der Waals surface area contributed by atoms with Gasteiger partial charge in [0, 0.05) is 23.1 Å². The van der Waals surface area contributed by atoms with Gasteiger partial charge in [-0.3, -0.25) is 4.57 Å². The Hall–Kier alpha value is -7.29. The first-order chi connectivity index (χ1) is 29.3. The molecule has 11 rings (SSSR count). The fourth-order valence-corrected chi connectivity index (χ4v) is 9.63. The summed E-state index contributed by atoms with van der Waals surface area (Å²) in [5, 5.41) is 5.18. The summed E-state index contributed by atoms with van der Waals surface area (Å²) in [5.74, 6) is 1.45. The highest BCUT2D eigenvalue weighted by molar-refractivity contribution is 6.17. The third-order valence-corrected chi connectivity index (χ3v) is 12.4. The standard InChI is InChI=1S/C57H42N2/c1-4-18-40(19-5-1)45-24-10-12-26-47(45)55-49-28-14-15-29-50(49)56(48-27-13-11-25-46(48)41-20-6-2-7-21-41)52-38-43(36-37-51(52)55)39-32-34-42(35-33-39)57-58-53-30-16-17-31-54(53)59(57)44-22-8-3-9-23-44/h1-23,26-38,45-46H,24-25H2. The first-order valence-electron chi connectivity index (χ1n) is 20.8. The number of imidazole rings is 1. The molecule has 2 nitrogen and oxygen atoms in total. The van der Waals surface area contributed by atoms with Crippen molar-refractivity contribution in [3.8, 4) is 28.2 Å². The van der Waals surface area contributed by atoms with Crippen LogP contribution in [0.5, 0.6) is 0 Å². The lowest BCUT2D eigenvalue weighted by Crippen LogP contribution is -2.08. The smallest absolute Gasteiger partial charge is 0.145 e. The fourth-order valence-electron chi connectivity index (χ4n) is 9.63. The molecule has 2 aliphatic rings. The van der Waals surface area contributed by atoms with Crippen LogP contribution in [0.3, 0.4) is 0 Å². The van der Waals surface area contributed by atoms with Crippen molar-refractivity contribution in [3.05, 3.63) is 241 Å². The minimum atomic E-state index is 0.249. The summed E-state index contributed by atoms with van der Waals surface area (Å²) >= 11 is 0. The zero-order valence-corrected chi connectivity index (χ0v) is 32.7. The topological polar surface area (TPSA) is 17.8 Å². The van der Waals surface area contributed by atoms with Gasteiger partial charge in [-0.1, -0.05) is 188 Å². The Morgan fingerprint density at radius 2 is 0.915 bits per heavy atom. The Kier molecular flexibility index (Phi) is 8.82. The molecule has 0 bridgehead atoms. The number of aromatic nitrogens is 2. The van der Waals surface area contributed by atoms with Crippen LogP contribution < -0.4 is 0 Å². The third kappa shape index (κ3) is 6.16.